The summed E-state index contributed by atoms with van der Waals surface area (Å²) >= 11 is 0. The number of rotatable bonds is 3. The first-order chi connectivity index (χ1) is 12.8. The van der Waals surface area contributed by atoms with Gasteiger partial charge in [-0.3, -0.25) is 9.80 Å². The van der Waals surface area contributed by atoms with Crippen molar-refractivity contribution in [2.45, 2.75) is 43.9 Å². The van der Waals surface area contributed by atoms with E-state index in [1.807, 2.05) is 18.2 Å². The Balaban J connectivity index is 1.30. The third-order valence-electron chi connectivity index (χ3n) is 6.26. The number of hydrogen-bond donors (Lipinski definition) is 0. The molecule has 26 heavy (non-hydrogen) atoms. The van der Waals surface area contributed by atoms with E-state index < -0.39 is 0 Å². The van der Waals surface area contributed by atoms with Gasteiger partial charge in [-0.25, -0.2) is 0 Å². The maximum absolute atomic E-state index is 9.06. The van der Waals surface area contributed by atoms with Crippen molar-refractivity contribution in [3.05, 3.63) is 35.4 Å². The van der Waals surface area contributed by atoms with Crippen molar-refractivity contribution in [2.75, 3.05) is 46.0 Å². The summed E-state index contributed by atoms with van der Waals surface area (Å²) in [6, 6.07) is 10.9. The maximum Gasteiger partial charge on any atom is 0.0991 e. The minimum Gasteiger partial charge on any atom is -0.381 e. The van der Waals surface area contributed by atoms with Crippen molar-refractivity contribution in [1.82, 2.24) is 9.80 Å². The quantitative estimate of drug-likeness (QED) is 0.833. The molecule has 0 amide bonds. The zero-order valence-corrected chi connectivity index (χ0v) is 15.5. The van der Waals surface area contributed by atoms with E-state index in [0.717, 1.165) is 77.4 Å². The molecule has 3 fully saturated rings. The summed E-state index contributed by atoms with van der Waals surface area (Å²) in [7, 11) is 0. The topological polar surface area (TPSA) is 48.7 Å². The Bertz CT molecular complexity index is 637. The first-order valence-corrected chi connectivity index (χ1v) is 9.94. The van der Waals surface area contributed by atoms with Crippen LogP contribution in [0.3, 0.4) is 0 Å². The summed E-state index contributed by atoms with van der Waals surface area (Å²) in [5, 5.41) is 9.06. The Morgan fingerprint density at radius 3 is 2.69 bits per heavy atom. The lowest BCUT2D eigenvalue weighted by Crippen LogP contribution is -2.55. The fourth-order valence-corrected chi connectivity index (χ4v) is 4.69. The van der Waals surface area contributed by atoms with Crippen molar-refractivity contribution in [3.8, 4) is 6.07 Å². The molecule has 3 saturated heterocycles. The van der Waals surface area contributed by atoms with Crippen molar-refractivity contribution in [1.29, 1.82) is 5.26 Å². The average Bonchev–Trinajstić information content (AvgIpc) is 2.69. The highest BCUT2D eigenvalue weighted by Crippen LogP contribution is 2.36. The van der Waals surface area contributed by atoms with Crippen LogP contribution in [-0.4, -0.2) is 67.4 Å². The second-order valence-corrected chi connectivity index (χ2v) is 7.91. The standard InChI is InChI=1S/C21H29N3O2/c22-16-18-2-1-3-19(14-18)17-23-7-9-24(10-8-23)20-4-11-26-21(15-20)5-12-25-13-6-21/h1-3,14,20H,4-13,15,17H2. The molecule has 0 saturated carbocycles. The molecule has 1 aromatic rings. The fraction of sp³-hybridized carbons (Fsp3) is 0.667. The summed E-state index contributed by atoms with van der Waals surface area (Å²) < 4.78 is 11.8. The van der Waals surface area contributed by atoms with Crippen LogP contribution in [0.1, 0.15) is 36.8 Å². The van der Waals surface area contributed by atoms with Gasteiger partial charge in [-0.2, -0.15) is 5.26 Å². The molecule has 1 aromatic carbocycles. The number of ether oxygens (including phenoxy) is 2. The zero-order chi connectivity index (χ0) is 17.8. The lowest BCUT2D eigenvalue weighted by Gasteiger charge is -2.48. The highest BCUT2D eigenvalue weighted by molar-refractivity contribution is 5.32. The van der Waals surface area contributed by atoms with E-state index in [2.05, 4.69) is 21.9 Å². The molecule has 0 aliphatic carbocycles. The maximum atomic E-state index is 9.06. The van der Waals surface area contributed by atoms with Gasteiger partial charge >= 0.3 is 0 Å². The third kappa shape index (κ3) is 4.10. The van der Waals surface area contributed by atoms with Crippen molar-refractivity contribution in [3.63, 3.8) is 0 Å². The molecule has 5 nitrogen and oxygen atoms in total. The number of hydrogen-bond acceptors (Lipinski definition) is 5. The highest BCUT2D eigenvalue weighted by atomic mass is 16.5. The molecule has 0 bridgehead atoms. The molecule has 140 valence electrons. The predicted octanol–water partition coefficient (Wildman–Crippen LogP) is 2.40. The van der Waals surface area contributed by atoms with E-state index in [-0.39, 0.29) is 5.60 Å². The van der Waals surface area contributed by atoms with Crippen LogP contribution < -0.4 is 0 Å². The third-order valence-corrected chi connectivity index (χ3v) is 6.26. The first kappa shape index (κ1) is 17.9. The van der Waals surface area contributed by atoms with E-state index in [1.165, 1.54) is 12.0 Å². The predicted molar refractivity (Wildman–Crippen MR) is 99.8 cm³/mol. The Labute approximate surface area is 156 Å². The van der Waals surface area contributed by atoms with Crippen LogP contribution in [0.4, 0.5) is 0 Å². The van der Waals surface area contributed by atoms with Crippen LogP contribution in [0, 0.1) is 11.3 Å². The molecular weight excluding hydrogens is 326 g/mol. The van der Waals surface area contributed by atoms with E-state index >= 15 is 0 Å². The SMILES string of the molecule is N#Cc1cccc(CN2CCN(C3CCOC4(CCOCC4)C3)CC2)c1. The lowest BCUT2D eigenvalue weighted by molar-refractivity contribution is -0.153. The summed E-state index contributed by atoms with van der Waals surface area (Å²) in [6.07, 6.45) is 4.44. The summed E-state index contributed by atoms with van der Waals surface area (Å²) in [4.78, 5) is 5.19. The largest absolute Gasteiger partial charge is 0.381 e. The second-order valence-electron chi connectivity index (χ2n) is 7.91. The Morgan fingerprint density at radius 1 is 1.12 bits per heavy atom. The molecule has 4 rings (SSSR count). The molecule has 1 unspecified atom stereocenters. The fourth-order valence-electron chi connectivity index (χ4n) is 4.69. The van der Waals surface area contributed by atoms with Gasteiger partial charge in [-0.1, -0.05) is 12.1 Å². The van der Waals surface area contributed by atoms with Crippen LogP contribution >= 0.6 is 0 Å². The van der Waals surface area contributed by atoms with Crippen LogP contribution in [0.25, 0.3) is 0 Å². The van der Waals surface area contributed by atoms with Crippen LogP contribution in [-0.2, 0) is 16.0 Å². The monoisotopic (exact) mass is 355 g/mol. The molecule has 1 atom stereocenters. The van der Waals surface area contributed by atoms with Gasteiger partial charge in [0.1, 0.15) is 0 Å². The van der Waals surface area contributed by atoms with E-state index in [1.54, 1.807) is 0 Å². The first-order valence-electron chi connectivity index (χ1n) is 9.94. The Morgan fingerprint density at radius 2 is 1.92 bits per heavy atom. The second kappa shape index (κ2) is 8.06. The summed E-state index contributed by atoms with van der Waals surface area (Å²) in [5.41, 5.74) is 2.07. The van der Waals surface area contributed by atoms with E-state index in [0.29, 0.717) is 6.04 Å². The van der Waals surface area contributed by atoms with Crippen LogP contribution in [0.5, 0.6) is 0 Å². The van der Waals surface area contributed by atoms with Gasteiger partial charge in [0.25, 0.3) is 0 Å². The average molecular weight is 355 g/mol. The molecule has 0 N–H and O–H groups in total. The number of nitrogens with zero attached hydrogens (tertiary/aromatic N) is 3. The van der Waals surface area contributed by atoms with Crippen LogP contribution in [0.15, 0.2) is 24.3 Å². The van der Waals surface area contributed by atoms with Crippen LogP contribution in [0.2, 0.25) is 0 Å². The van der Waals surface area contributed by atoms with Crippen molar-refractivity contribution >= 4 is 0 Å². The molecule has 3 aliphatic rings. The highest BCUT2D eigenvalue weighted by Gasteiger charge is 2.41. The van der Waals surface area contributed by atoms with Gasteiger partial charge in [0.2, 0.25) is 0 Å². The number of piperazine rings is 1. The lowest BCUT2D eigenvalue weighted by atomic mass is 9.83. The summed E-state index contributed by atoms with van der Waals surface area (Å²) in [5.74, 6) is 0. The zero-order valence-electron chi connectivity index (χ0n) is 15.5. The molecule has 5 heteroatoms. The Hall–Kier alpha value is -1.45. The minimum atomic E-state index is 0.0794. The van der Waals surface area contributed by atoms with E-state index in [4.69, 9.17) is 14.7 Å². The molecule has 1 spiro atoms. The van der Waals surface area contributed by atoms with Gasteiger partial charge in [-0.15, -0.1) is 0 Å². The van der Waals surface area contributed by atoms with E-state index in [9.17, 15) is 0 Å². The van der Waals surface area contributed by atoms with Gasteiger partial charge in [0, 0.05) is 58.6 Å². The minimum absolute atomic E-state index is 0.0794. The summed E-state index contributed by atoms with van der Waals surface area (Å²) in [6.45, 7) is 8.01. The molecule has 0 aromatic heterocycles. The number of nitriles is 1. The number of benzene rings is 1. The van der Waals surface area contributed by atoms with Gasteiger partial charge in [0.15, 0.2) is 0 Å². The molecule has 3 aliphatic heterocycles. The normalized spacial score (nSPS) is 27.3. The molecule has 3 heterocycles. The van der Waals surface area contributed by atoms with Gasteiger partial charge in [0.05, 0.1) is 17.2 Å². The van der Waals surface area contributed by atoms with Gasteiger partial charge in [-0.05, 0) is 43.4 Å². The van der Waals surface area contributed by atoms with Crippen molar-refractivity contribution < 1.29 is 9.47 Å². The van der Waals surface area contributed by atoms with Gasteiger partial charge < -0.3 is 9.47 Å². The van der Waals surface area contributed by atoms with Crippen molar-refractivity contribution in [2.24, 2.45) is 0 Å². The molecular formula is C21H29N3O2. The smallest absolute Gasteiger partial charge is 0.0991 e. The molecule has 0 radical (unpaired) electrons. The Kier molecular flexibility index (Phi) is 5.56.